The van der Waals surface area contributed by atoms with Gasteiger partial charge in [-0.15, -0.1) is 0 Å². The first-order valence-corrected chi connectivity index (χ1v) is 5.52. The van der Waals surface area contributed by atoms with Gasteiger partial charge in [0.25, 0.3) is 0 Å². The number of carbonyl (C=O) groups is 1. The number of halogens is 2. The van der Waals surface area contributed by atoms with Crippen molar-refractivity contribution in [1.82, 2.24) is 10.2 Å². The second kappa shape index (κ2) is 5.51. The van der Waals surface area contributed by atoms with E-state index >= 15 is 0 Å². The van der Waals surface area contributed by atoms with Crippen LogP contribution >= 0.6 is 0 Å². The lowest BCUT2D eigenvalue weighted by molar-refractivity contribution is -0.137. The van der Waals surface area contributed by atoms with E-state index in [-0.39, 0.29) is 17.7 Å². The Balaban J connectivity index is 2.48. The van der Waals surface area contributed by atoms with Crippen LogP contribution in [0.5, 0.6) is 0 Å². The van der Waals surface area contributed by atoms with Crippen molar-refractivity contribution in [3.05, 3.63) is 59.4 Å². The first-order chi connectivity index (χ1) is 9.08. The van der Waals surface area contributed by atoms with E-state index in [0.717, 1.165) is 18.2 Å². The van der Waals surface area contributed by atoms with Crippen LogP contribution in [0.2, 0.25) is 0 Å². The molecule has 6 heteroatoms. The van der Waals surface area contributed by atoms with E-state index in [9.17, 15) is 13.6 Å². The predicted molar refractivity (Wildman–Crippen MR) is 62.5 cm³/mol. The molecule has 1 N–H and O–H groups in total. The molecule has 0 saturated heterocycles. The monoisotopic (exact) mass is 264 g/mol. The summed E-state index contributed by atoms with van der Waals surface area (Å²) in [5.41, 5.74) is 0.248. The van der Waals surface area contributed by atoms with Crippen molar-refractivity contribution in [2.24, 2.45) is 0 Å². The summed E-state index contributed by atoms with van der Waals surface area (Å²) in [5.74, 6) is -3.30. The highest BCUT2D eigenvalue weighted by Gasteiger charge is 2.23. The molecule has 19 heavy (non-hydrogen) atoms. The highest BCUT2D eigenvalue weighted by Crippen LogP contribution is 2.28. The Morgan fingerprint density at radius 1 is 1.32 bits per heavy atom. The Kier molecular flexibility index (Phi) is 3.79. The topological polar surface area (TPSA) is 63.1 Å². The fourth-order valence-corrected chi connectivity index (χ4v) is 1.83. The minimum Gasteiger partial charge on any atom is -0.481 e. The van der Waals surface area contributed by atoms with Crippen molar-refractivity contribution in [1.29, 1.82) is 0 Å². The normalized spacial score (nSPS) is 12.1. The third kappa shape index (κ3) is 3.09. The first-order valence-electron chi connectivity index (χ1n) is 5.52. The maximum absolute atomic E-state index is 13.7. The third-order valence-electron chi connectivity index (χ3n) is 2.66. The van der Waals surface area contributed by atoms with E-state index in [1.54, 1.807) is 6.07 Å². The maximum Gasteiger partial charge on any atom is 0.304 e. The van der Waals surface area contributed by atoms with Crippen molar-refractivity contribution in [3.8, 4) is 0 Å². The van der Waals surface area contributed by atoms with Crippen molar-refractivity contribution < 1.29 is 18.7 Å². The molecule has 2 rings (SSSR count). The van der Waals surface area contributed by atoms with Gasteiger partial charge in [-0.25, -0.2) is 8.78 Å². The predicted octanol–water partition coefficient (Wildman–Crippen LogP) is 2.36. The Bertz CT molecular complexity index is 590. The lowest BCUT2D eigenvalue weighted by atomic mass is 9.91. The van der Waals surface area contributed by atoms with E-state index in [1.165, 1.54) is 12.3 Å². The summed E-state index contributed by atoms with van der Waals surface area (Å²) < 4.78 is 27.0. The molecule has 1 atom stereocenters. The Labute approximate surface area is 107 Å². The summed E-state index contributed by atoms with van der Waals surface area (Å²) in [5, 5.41) is 16.3. The van der Waals surface area contributed by atoms with Gasteiger partial charge < -0.3 is 5.11 Å². The van der Waals surface area contributed by atoms with E-state index in [2.05, 4.69) is 10.2 Å². The Morgan fingerprint density at radius 2 is 2.11 bits per heavy atom. The highest BCUT2D eigenvalue weighted by molar-refractivity contribution is 5.68. The first kappa shape index (κ1) is 13.1. The second-order valence-electron chi connectivity index (χ2n) is 3.96. The average molecular weight is 264 g/mol. The minimum atomic E-state index is -1.13. The molecule has 98 valence electrons. The fourth-order valence-electron chi connectivity index (χ4n) is 1.83. The maximum atomic E-state index is 13.7. The summed E-state index contributed by atoms with van der Waals surface area (Å²) in [6.07, 6.45) is 1.03. The SMILES string of the molecule is O=C(O)CC(c1cccnn1)c1cc(F)ccc1F. The van der Waals surface area contributed by atoms with E-state index in [1.807, 2.05) is 0 Å². The zero-order chi connectivity index (χ0) is 13.8. The van der Waals surface area contributed by atoms with Crippen molar-refractivity contribution in [2.45, 2.75) is 12.3 Å². The molecule has 0 saturated carbocycles. The smallest absolute Gasteiger partial charge is 0.304 e. The molecular weight excluding hydrogens is 254 g/mol. The van der Waals surface area contributed by atoms with Gasteiger partial charge in [0.05, 0.1) is 12.1 Å². The van der Waals surface area contributed by atoms with Gasteiger partial charge in [0, 0.05) is 17.7 Å². The molecule has 0 fully saturated rings. The molecule has 0 aliphatic heterocycles. The van der Waals surface area contributed by atoms with Gasteiger partial charge in [0.2, 0.25) is 0 Å². The highest BCUT2D eigenvalue weighted by atomic mass is 19.1. The zero-order valence-corrected chi connectivity index (χ0v) is 9.75. The zero-order valence-electron chi connectivity index (χ0n) is 9.75. The van der Waals surface area contributed by atoms with Gasteiger partial charge in [-0.1, -0.05) is 0 Å². The number of benzene rings is 1. The van der Waals surface area contributed by atoms with E-state index in [0.29, 0.717) is 0 Å². The largest absolute Gasteiger partial charge is 0.481 e. The number of carboxylic acid groups (broad SMARTS) is 1. The van der Waals surface area contributed by atoms with Crippen LogP contribution in [-0.4, -0.2) is 21.3 Å². The van der Waals surface area contributed by atoms with Crippen LogP contribution in [0.4, 0.5) is 8.78 Å². The molecule has 4 nitrogen and oxygen atoms in total. The Morgan fingerprint density at radius 3 is 2.74 bits per heavy atom. The number of carboxylic acids is 1. The number of aliphatic carboxylic acids is 1. The summed E-state index contributed by atoms with van der Waals surface area (Å²) in [4.78, 5) is 10.9. The third-order valence-corrected chi connectivity index (χ3v) is 2.66. The number of rotatable bonds is 4. The molecule has 0 radical (unpaired) electrons. The van der Waals surface area contributed by atoms with Crippen LogP contribution in [0.15, 0.2) is 36.5 Å². The summed E-state index contributed by atoms with van der Waals surface area (Å²) in [6.45, 7) is 0. The molecule has 1 heterocycles. The van der Waals surface area contributed by atoms with Gasteiger partial charge in [-0.05, 0) is 30.3 Å². The van der Waals surface area contributed by atoms with Gasteiger partial charge in [-0.2, -0.15) is 10.2 Å². The van der Waals surface area contributed by atoms with Gasteiger partial charge in [0.1, 0.15) is 11.6 Å². The fraction of sp³-hybridized carbons (Fsp3) is 0.154. The average Bonchev–Trinajstić information content (AvgIpc) is 2.40. The summed E-state index contributed by atoms with van der Waals surface area (Å²) in [7, 11) is 0. The Hall–Kier alpha value is -2.37. The summed E-state index contributed by atoms with van der Waals surface area (Å²) >= 11 is 0. The van der Waals surface area contributed by atoms with Crippen molar-refractivity contribution in [2.75, 3.05) is 0 Å². The molecular formula is C13H10F2N2O2. The van der Waals surface area contributed by atoms with Gasteiger partial charge in [-0.3, -0.25) is 4.79 Å². The summed E-state index contributed by atoms with van der Waals surface area (Å²) in [6, 6.07) is 6.03. The van der Waals surface area contributed by atoms with Crippen LogP contribution in [0.25, 0.3) is 0 Å². The van der Waals surface area contributed by atoms with Crippen LogP contribution in [-0.2, 0) is 4.79 Å². The van der Waals surface area contributed by atoms with Crippen LogP contribution in [0.1, 0.15) is 23.6 Å². The molecule has 0 amide bonds. The van der Waals surface area contributed by atoms with Crippen LogP contribution < -0.4 is 0 Å². The van der Waals surface area contributed by atoms with Gasteiger partial charge in [0.15, 0.2) is 0 Å². The number of aromatic nitrogens is 2. The molecule has 0 aliphatic rings. The minimum absolute atomic E-state index is 0.0390. The molecule has 1 aromatic heterocycles. The molecule has 1 unspecified atom stereocenters. The molecule has 1 aromatic carbocycles. The van der Waals surface area contributed by atoms with E-state index in [4.69, 9.17) is 5.11 Å². The van der Waals surface area contributed by atoms with Gasteiger partial charge >= 0.3 is 5.97 Å². The quantitative estimate of drug-likeness (QED) is 0.920. The lowest BCUT2D eigenvalue weighted by Crippen LogP contribution is -2.12. The van der Waals surface area contributed by atoms with Crippen molar-refractivity contribution >= 4 is 5.97 Å². The number of hydrogen-bond acceptors (Lipinski definition) is 3. The van der Waals surface area contributed by atoms with Crippen molar-refractivity contribution in [3.63, 3.8) is 0 Å². The molecule has 0 spiro atoms. The lowest BCUT2D eigenvalue weighted by Gasteiger charge is -2.15. The standard InChI is InChI=1S/C13H10F2N2O2/c14-8-3-4-11(15)9(6-8)10(7-13(18)19)12-2-1-5-16-17-12/h1-6,10H,7H2,(H,18,19). The van der Waals surface area contributed by atoms with Crippen LogP contribution in [0, 0.1) is 11.6 Å². The number of hydrogen-bond donors (Lipinski definition) is 1. The molecule has 0 bridgehead atoms. The molecule has 0 aliphatic carbocycles. The molecule has 2 aromatic rings. The van der Waals surface area contributed by atoms with Crippen LogP contribution in [0.3, 0.4) is 0 Å². The number of nitrogens with zero attached hydrogens (tertiary/aromatic N) is 2. The van der Waals surface area contributed by atoms with E-state index < -0.39 is 23.5 Å². The second-order valence-corrected chi connectivity index (χ2v) is 3.96.